The maximum atomic E-state index is 12.4. The molecule has 0 atom stereocenters. The molecular formula is C22H22N4O3S. The van der Waals surface area contributed by atoms with Crippen LogP contribution in [0.3, 0.4) is 0 Å². The lowest BCUT2D eigenvalue weighted by Crippen LogP contribution is -2.48. The normalized spacial score (nSPS) is 18.1. The molecule has 2 aromatic carbocycles. The van der Waals surface area contributed by atoms with Crippen LogP contribution in [-0.2, 0) is 11.2 Å². The molecule has 0 aromatic heterocycles. The number of aryl methyl sites for hydroxylation is 1. The van der Waals surface area contributed by atoms with E-state index < -0.39 is 0 Å². The number of para-hydroxylation sites is 2. The molecule has 0 bridgehead atoms. The molecule has 2 aliphatic rings. The third-order valence-corrected chi connectivity index (χ3v) is 6.31. The van der Waals surface area contributed by atoms with Gasteiger partial charge in [-0.3, -0.25) is 14.9 Å². The second-order valence-electron chi connectivity index (χ2n) is 7.13. The van der Waals surface area contributed by atoms with Crippen LogP contribution >= 0.6 is 11.8 Å². The highest BCUT2D eigenvalue weighted by Crippen LogP contribution is 2.32. The molecule has 4 rings (SSSR count). The predicted octanol–water partition coefficient (Wildman–Crippen LogP) is 3.95. The van der Waals surface area contributed by atoms with Gasteiger partial charge in [0, 0.05) is 32.2 Å². The molecule has 2 heterocycles. The summed E-state index contributed by atoms with van der Waals surface area (Å²) in [7, 11) is 0. The molecule has 30 heavy (non-hydrogen) atoms. The number of hydrogen-bond acceptors (Lipinski definition) is 6. The smallest absolute Gasteiger partial charge is 0.292 e. The lowest BCUT2D eigenvalue weighted by atomic mass is 10.1. The minimum atomic E-state index is -0.346. The fraction of sp³-hybridized carbons (Fsp3) is 0.273. The Morgan fingerprint density at radius 1 is 1.07 bits per heavy atom. The zero-order valence-electron chi connectivity index (χ0n) is 16.7. The zero-order valence-corrected chi connectivity index (χ0v) is 17.5. The molecule has 154 valence electrons. The number of amides is 1. The highest BCUT2D eigenvalue weighted by atomic mass is 32.2. The number of rotatable bonds is 4. The number of aliphatic imine (C=N–C) groups is 1. The van der Waals surface area contributed by atoms with Gasteiger partial charge in [-0.1, -0.05) is 43.3 Å². The third-order valence-electron chi connectivity index (χ3n) is 5.26. The topological polar surface area (TPSA) is 79.1 Å². The van der Waals surface area contributed by atoms with Crippen LogP contribution in [0.5, 0.6) is 0 Å². The molecule has 0 aliphatic carbocycles. The third kappa shape index (κ3) is 4.23. The van der Waals surface area contributed by atoms with E-state index in [1.165, 1.54) is 23.4 Å². The van der Waals surface area contributed by atoms with Gasteiger partial charge in [0.25, 0.3) is 11.6 Å². The van der Waals surface area contributed by atoms with Crippen LogP contribution in [0.1, 0.15) is 18.1 Å². The molecular weight excluding hydrogens is 400 g/mol. The Hall–Kier alpha value is -3.13. The predicted molar refractivity (Wildman–Crippen MR) is 121 cm³/mol. The number of hydrogen-bond donors (Lipinski definition) is 0. The number of carbonyl (C=O) groups excluding carboxylic acids is 1. The monoisotopic (exact) mass is 422 g/mol. The lowest BCUT2D eigenvalue weighted by molar-refractivity contribution is -0.384. The van der Waals surface area contributed by atoms with Crippen molar-refractivity contribution in [1.29, 1.82) is 0 Å². The Labute approximate surface area is 179 Å². The van der Waals surface area contributed by atoms with Crippen molar-refractivity contribution in [1.82, 2.24) is 4.90 Å². The van der Waals surface area contributed by atoms with Crippen molar-refractivity contribution < 1.29 is 9.72 Å². The van der Waals surface area contributed by atoms with E-state index in [1.54, 1.807) is 12.1 Å². The van der Waals surface area contributed by atoms with Gasteiger partial charge in [-0.05, 0) is 41.5 Å². The van der Waals surface area contributed by atoms with Crippen LogP contribution < -0.4 is 4.90 Å². The molecule has 0 spiro atoms. The summed E-state index contributed by atoms with van der Waals surface area (Å²) in [6.45, 7) is 4.69. The maximum Gasteiger partial charge on any atom is 0.292 e. The molecule has 2 aromatic rings. The van der Waals surface area contributed by atoms with Gasteiger partial charge in [-0.25, -0.2) is 0 Å². The fourth-order valence-electron chi connectivity index (χ4n) is 3.56. The molecule has 0 radical (unpaired) electrons. The van der Waals surface area contributed by atoms with E-state index in [1.807, 2.05) is 29.2 Å². The number of nitro groups is 1. The summed E-state index contributed by atoms with van der Waals surface area (Å²) in [6.07, 6.45) is 2.86. The van der Waals surface area contributed by atoms with Crippen LogP contribution in [-0.4, -0.2) is 47.1 Å². The van der Waals surface area contributed by atoms with E-state index in [0.717, 1.165) is 12.0 Å². The summed E-state index contributed by atoms with van der Waals surface area (Å²) >= 11 is 1.40. The Balaban J connectivity index is 1.41. The van der Waals surface area contributed by atoms with Crippen LogP contribution in [0.4, 0.5) is 11.4 Å². The number of piperazine rings is 1. The summed E-state index contributed by atoms with van der Waals surface area (Å²) in [5, 5.41) is 12.0. The van der Waals surface area contributed by atoms with Crippen LogP contribution in [0.2, 0.25) is 0 Å². The molecule has 0 unspecified atom stereocenters. The summed E-state index contributed by atoms with van der Waals surface area (Å²) in [5.74, 6) is -0.212. The van der Waals surface area contributed by atoms with Crippen molar-refractivity contribution in [3.63, 3.8) is 0 Å². The van der Waals surface area contributed by atoms with E-state index in [2.05, 4.69) is 28.9 Å². The highest BCUT2D eigenvalue weighted by molar-refractivity contribution is 8.18. The number of anilines is 1. The molecule has 8 heteroatoms. The molecule has 1 saturated heterocycles. The van der Waals surface area contributed by atoms with Gasteiger partial charge in [0.1, 0.15) is 5.69 Å². The quantitative estimate of drug-likeness (QED) is 0.422. The minimum absolute atomic E-state index is 0.119. The maximum absolute atomic E-state index is 12.4. The largest absolute Gasteiger partial charge is 0.362 e. The Kier molecular flexibility index (Phi) is 5.85. The molecule has 2 aliphatic heterocycles. The number of thioether (sulfide) groups is 1. The summed E-state index contributed by atoms with van der Waals surface area (Å²) in [5.41, 5.74) is 3.00. The molecule has 0 saturated carbocycles. The number of benzene rings is 2. The van der Waals surface area contributed by atoms with Crippen LogP contribution in [0.15, 0.2) is 58.4 Å². The van der Waals surface area contributed by atoms with E-state index >= 15 is 0 Å². The van der Waals surface area contributed by atoms with E-state index in [4.69, 9.17) is 0 Å². The van der Waals surface area contributed by atoms with Gasteiger partial charge in [0.2, 0.25) is 0 Å². The SMILES string of the molecule is CCc1ccc(/C=C2\SC(N3CCN(c4ccccc4[N+](=O)[O-])CC3)=NC2=O)cc1. The number of amidine groups is 1. The van der Waals surface area contributed by atoms with Gasteiger partial charge in [-0.15, -0.1) is 0 Å². The minimum Gasteiger partial charge on any atom is -0.362 e. The zero-order chi connectivity index (χ0) is 21.1. The second kappa shape index (κ2) is 8.71. The summed E-state index contributed by atoms with van der Waals surface area (Å²) in [6, 6.07) is 15.0. The van der Waals surface area contributed by atoms with Crippen molar-refractivity contribution in [3.05, 3.63) is 74.7 Å². The first-order valence-corrected chi connectivity index (χ1v) is 10.7. The Morgan fingerprint density at radius 2 is 1.73 bits per heavy atom. The van der Waals surface area contributed by atoms with E-state index in [9.17, 15) is 14.9 Å². The molecule has 1 amide bonds. The first-order chi connectivity index (χ1) is 14.5. The van der Waals surface area contributed by atoms with Crippen LogP contribution in [0, 0.1) is 10.1 Å². The number of carbonyl (C=O) groups is 1. The first kappa shape index (κ1) is 20.2. The average Bonchev–Trinajstić information content (AvgIpc) is 3.14. The molecule has 0 N–H and O–H groups in total. The summed E-state index contributed by atoms with van der Waals surface area (Å²) < 4.78 is 0. The van der Waals surface area contributed by atoms with Gasteiger partial charge in [0.05, 0.1) is 9.83 Å². The fourth-order valence-corrected chi connectivity index (χ4v) is 4.52. The van der Waals surface area contributed by atoms with Gasteiger partial charge < -0.3 is 9.80 Å². The number of nitro benzene ring substituents is 1. The first-order valence-electron chi connectivity index (χ1n) is 9.90. The van der Waals surface area contributed by atoms with Crippen molar-refractivity contribution >= 4 is 40.3 Å². The second-order valence-corrected chi connectivity index (χ2v) is 8.13. The number of nitrogens with zero attached hydrogens (tertiary/aromatic N) is 4. The highest BCUT2D eigenvalue weighted by Gasteiger charge is 2.30. The van der Waals surface area contributed by atoms with Gasteiger partial charge in [-0.2, -0.15) is 4.99 Å². The van der Waals surface area contributed by atoms with Gasteiger partial charge >= 0.3 is 0 Å². The standard InChI is InChI=1S/C22H22N4O3S/c1-2-16-7-9-17(10-8-16)15-20-21(27)23-22(30-20)25-13-11-24(12-14-25)18-5-3-4-6-19(18)26(28)29/h3-10,15H,2,11-14H2,1H3/b20-15-. The Bertz CT molecular complexity index is 1020. The van der Waals surface area contributed by atoms with E-state index in [-0.39, 0.29) is 16.5 Å². The van der Waals surface area contributed by atoms with Crippen molar-refractivity contribution in [2.24, 2.45) is 4.99 Å². The molecule has 1 fully saturated rings. The van der Waals surface area contributed by atoms with Gasteiger partial charge in [0.15, 0.2) is 5.17 Å². The summed E-state index contributed by atoms with van der Waals surface area (Å²) in [4.78, 5) is 32.3. The van der Waals surface area contributed by atoms with Crippen molar-refractivity contribution in [2.75, 3.05) is 31.1 Å². The van der Waals surface area contributed by atoms with Crippen molar-refractivity contribution in [2.45, 2.75) is 13.3 Å². The van der Waals surface area contributed by atoms with Crippen molar-refractivity contribution in [3.8, 4) is 0 Å². The Morgan fingerprint density at radius 3 is 2.40 bits per heavy atom. The molecule has 7 nitrogen and oxygen atoms in total. The van der Waals surface area contributed by atoms with Crippen LogP contribution in [0.25, 0.3) is 6.08 Å². The van der Waals surface area contributed by atoms with E-state index in [0.29, 0.717) is 41.9 Å². The lowest BCUT2D eigenvalue weighted by Gasteiger charge is -2.36. The average molecular weight is 423 g/mol.